The Labute approximate surface area is 212 Å². The number of carboxylic acids is 1. The highest BCUT2D eigenvalue weighted by Gasteiger charge is 2.35. The van der Waals surface area contributed by atoms with Gasteiger partial charge in [-0.15, -0.1) is 0 Å². The molecule has 1 aliphatic heterocycles. The maximum Gasteiger partial charge on any atom is 0.416 e. The van der Waals surface area contributed by atoms with E-state index in [2.05, 4.69) is 4.90 Å². The van der Waals surface area contributed by atoms with Crippen LogP contribution >= 0.6 is 0 Å². The van der Waals surface area contributed by atoms with Crippen LogP contribution in [0.1, 0.15) is 91.1 Å². The summed E-state index contributed by atoms with van der Waals surface area (Å²) in [6, 6.07) is 8.50. The van der Waals surface area contributed by atoms with Gasteiger partial charge >= 0.3 is 18.3 Å². The summed E-state index contributed by atoms with van der Waals surface area (Å²) >= 11 is 0. The molecule has 1 aliphatic carbocycles. The summed E-state index contributed by atoms with van der Waals surface area (Å²) in [5, 5.41) is 9.29. The van der Waals surface area contributed by atoms with Crippen LogP contribution in [0.2, 0.25) is 0 Å². The molecule has 4 rings (SSSR count). The lowest BCUT2D eigenvalue weighted by atomic mass is 9.80. The average molecular weight is 528 g/mol. The highest BCUT2D eigenvalue weighted by atomic mass is 19.4. The predicted molar refractivity (Wildman–Crippen MR) is 127 cm³/mol. The van der Waals surface area contributed by atoms with Gasteiger partial charge < -0.3 is 5.11 Å². The Bertz CT molecular complexity index is 1070. The zero-order chi connectivity index (χ0) is 26.8. The minimum absolute atomic E-state index is 0.0292. The van der Waals surface area contributed by atoms with Crippen molar-refractivity contribution in [2.75, 3.05) is 6.54 Å². The first-order chi connectivity index (χ1) is 17.4. The summed E-state index contributed by atoms with van der Waals surface area (Å²) in [6.45, 7) is 0.865. The second-order valence-corrected chi connectivity index (χ2v) is 10.3. The molecule has 0 bridgehead atoms. The second-order valence-electron chi connectivity index (χ2n) is 10.3. The summed E-state index contributed by atoms with van der Waals surface area (Å²) in [4.78, 5) is 13.4. The molecule has 0 spiro atoms. The van der Waals surface area contributed by atoms with Gasteiger partial charge in [0.2, 0.25) is 0 Å². The lowest BCUT2D eigenvalue weighted by molar-refractivity contribution is -0.139. The normalized spacial score (nSPS) is 22.2. The van der Waals surface area contributed by atoms with Crippen LogP contribution in [0.15, 0.2) is 42.5 Å². The van der Waals surface area contributed by atoms with E-state index in [1.165, 1.54) is 18.2 Å². The van der Waals surface area contributed by atoms with Gasteiger partial charge in [-0.2, -0.15) is 26.3 Å². The number of likely N-dealkylation sites (tertiary alicyclic amines) is 1. The van der Waals surface area contributed by atoms with Crippen molar-refractivity contribution in [1.82, 2.24) is 4.90 Å². The number of hydrogen-bond donors (Lipinski definition) is 1. The van der Waals surface area contributed by atoms with Crippen molar-refractivity contribution < 1.29 is 36.2 Å². The largest absolute Gasteiger partial charge is 0.481 e. The first-order valence-corrected chi connectivity index (χ1v) is 12.7. The second kappa shape index (κ2) is 11.1. The van der Waals surface area contributed by atoms with Gasteiger partial charge in [0.05, 0.1) is 11.1 Å². The van der Waals surface area contributed by atoms with Crippen LogP contribution in [0.25, 0.3) is 0 Å². The van der Waals surface area contributed by atoms with Gasteiger partial charge in [0.15, 0.2) is 0 Å². The molecule has 1 heterocycles. The molecule has 0 amide bonds. The van der Waals surface area contributed by atoms with Crippen LogP contribution < -0.4 is 0 Å². The van der Waals surface area contributed by atoms with Crippen LogP contribution in [0.4, 0.5) is 26.3 Å². The van der Waals surface area contributed by atoms with Crippen molar-refractivity contribution >= 4 is 5.97 Å². The highest BCUT2D eigenvalue weighted by molar-refractivity contribution is 5.67. The van der Waals surface area contributed by atoms with Crippen LogP contribution in [0.3, 0.4) is 0 Å². The Balaban J connectivity index is 1.65. The van der Waals surface area contributed by atoms with Crippen molar-refractivity contribution in [2.45, 2.75) is 82.2 Å². The van der Waals surface area contributed by atoms with Crippen molar-refractivity contribution in [3.05, 3.63) is 70.3 Å². The maximum atomic E-state index is 13.5. The zero-order valence-electron chi connectivity index (χ0n) is 20.4. The molecule has 2 aromatic rings. The monoisotopic (exact) mass is 527 g/mol. The Morgan fingerprint density at radius 1 is 0.865 bits per heavy atom. The minimum atomic E-state index is -4.47. The number of halogens is 6. The van der Waals surface area contributed by atoms with Gasteiger partial charge in [0.25, 0.3) is 0 Å². The van der Waals surface area contributed by atoms with E-state index in [0.717, 1.165) is 55.9 Å². The maximum absolute atomic E-state index is 13.5. The molecule has 37 heavy (non-hydrogen) atoms. The molecule has 1 saturated heterocycles. The number of aliphatic carboxylic acids is 1. The molecule has 202 valence electrons. The molecule has 2 fully saturated rings. The Morgan fingerprint density at radius 3 is 2.08 bits per heavy atom. The lowest BCUT2D eigenvalue weighted by Gasteiger charge is -2.40. The van der Waals surface area contributed by atoms with E-state index in [0.29, 0.717) is 37.1 Å². The summed E-state index contributed by atoms with van der Waals surface area (Å²) in [6.07, 6.45) is -3.22. The molecule has 1 saturated carbocycles. The van der Waals surface area contributed by atoms with Crippen LogP contribution in [-0.4, -0.2) is 22.5 Å². The van der Waals surface area contributed by atoms with Crippen LogP contribution in [-0.2, 0) is 23.7 Å². The quantitative estimate of drug-likeness (QED) is 0.385. The first kappa shape index (κ1) is 27.5. The molecule has 2 aromatic carbocycles. The SMILES string of the molecule is O=C(O)C[C@@H]1CCN(Cc2ccc(C(F)(F)F)cc2C2CCCCC2)[C@H](c2ccc(C(F)(F)F)cc2)C1. The third kappa shape index (κ3) is 6.86. The fourth-order valence-corrected chi connectivity index (χ4v) is 5.88. The Morgan fingerprint density at radius 2 is 1.49 bits per heavy atom. The van der Waals surface area contributed by atoms with Gasteiger partial charge in [0.1, 0.15) is 0 Å². The molecule has 0 aromatic heterocycles. The van der Waals surface area contributed by atoms with Crippen molar-refractivity contribution in [1.29, 1.82) is 0 Å². The van der Waals surface area contributed by atoms with Crippen LogP contribution in [0, 0.1) is 5.92 Å². The number of rotatable bonds is 6. The predicted octanol–water partition coefficient (Wildman–Crippen LogP) is 8.20. The van der Waals surface area contributed by atoms with Gasteiger partial charge in [-0.1, -0.05) is 37.5 Å². The molecule has 3 nitrogen and oxygen atoms in total. The van der Waals surface area contributed by atoms with E-state index in [-0.39, 0.29) is 24.3 Å². The van der Waals surface area contributed by atoms with E-state index in [1.807, 2.05) is 0 Å². The summed E-state index contributed by atoms with van der Waals surface area (Å²) < 4.78 is 79.9. The fourth-order valence-electron chi connectivity index (χ4n) is 5.88. The Hall–Kier alpha value is -2.55. The standard InChI is InChI=1S/C28H31F6NO2/c29-27(30,31)22-9-6-20(7-10-22)25-14-18(15-26(36)37)12-13-35(25)17-21-8-11-23(28(32,33)34)16-24(21)19-4-2-1-3-5-19/h6-11,16,18-19,25H,1-5,12-15,17H2,(H,36,37)/t18-,25+/m1/s1. The molecule has 0 radical (unpaired) electrons. The molecule has 0 unspecified atom stereocenters. The van der Waals surface area contributed by atoms with Crippen LogP contribution in [0.5, 0.6) is 0 Å². The zero-order valence-corrected chi connectivity index (χ0v) is 20.4. The number of carboxylic acid groups (broad SMARTS) is 1. The van der Waals surface area contributed by atoms with Crippen molar-refractivity contribution in [3.8, 4) is 0 Å². The highest BCUT2D eigenvalue weighted by Crippen LogP contribution is 2.42. The smallest absolute Gasteiger partial charge is 0.416 e. The number of alkyl halides is 6. The summed E-state index contributed by atoms with van der Waals surface area (Å²) in [5.41, 5.74) is 0.718. The van der Waals surface area contributed by atoms with E-state index < -0.39 is 29.4 Å². The topological polar surface area (TPSA) is 40.5 Å². The number of carbonyl (C=O) groups is 1. The molecule has 2 atom stereocenters. The third-order valence-corrected chi connectivity index (χ3v) is 7.80. The third-order valence-electron chi connectivity index (χ3n) is 7.80. The van der Waals surface area contributed by atoms with E-state index in [9.17, 15) is 36.2 Å². The fraction of sp³-hybridized carbons (Fsp3) is 0.536. The van der Waals surface area contributed by atoms with Crippen molar-refractivity contribution in [3.63, 3.8) is 0 Å². The van der Waals surface area contributed by atoms with Crippen molar-refractivity contribution in [2.24, 2.45) is 5.92 Å². The minimum Gasteiger partial charge on any atom is -0.481 e. The molecular formula is C28H31F6NO2. The number of nitrogens with zero attached hydrogens (tertiary/aromatic N) is 1. The molecule has 9 heteroatoms. The summed E-state index contributed by atoms with van der Waals surface area (Å²) in [7, 11) is 0. The summed E-state index contributed by atoms with van der Waals surface area (Å²) in [5.74, 6) is -1.02. The lowest BCUT2D eigenvalue weighted by Crippen LogP contribution is -2.37. The van der Waals surface area contributed by atoms with E-state index in [1.54, 1.807) is 6.07 Å². The number of benzene rings is 2. The molecular weight excluding hydrogens is 496 g/mol. The van der Waals surface area contributed by atoms with E-state index >= 15 is 0 Å². The number of piperidine rings is 1. The van der Waals surface area contributed by atoms with Gasteiger partial charge in [-0.25, -0.2) is 0 Å². The molecule has 2 aliphatic rings. The number of hydrogen-bond acceptors (Lipinski definition) is 2. The van der Waals surface area contributed by atoms with Gasteiger partial charge in [-0.05, 0) is 85.0 Å². The van der Waals surface area contributed by atoms with Gasteiger partial charge in [0, 0.05) is 19.0 Å². The van der Waals surface area contributed by atoms with E-state index in [4.69, 9.17) is 0 Å². The molecule has 1 N–H and O–H groups in total. The van der Waals surface area contributed by atoms with Gasteiger partial charge in [-0.3, -0.25) is 9.69 Å². The Kier molecular flexibility index (Phi) is 8.21. The first-order valence-electron chi connectivity index (χ1n) is 12.7. The average Bonchev–Trinajstić information content (AvgIpc) is 2.84.